The summed E-state index contributed by atoms with van der Waals surface area (Å²) in [5, 5.41) is 15.2. The number of rotatable bonds is 6. The molecule has 0 unspecified atom stereocenters. The quantitative estimate of drug-likeness (QED) is 0.496. The Morgan fingerprint density at radius 2 is 1.97 bits per heavy atom. The standard InChI is InChI=1S/C18H21N5O2S.C5H12O/c19-8-14-2-1-13(7-16(14)20-15-9-26-10-15)17-21-18(25-22-17)12-3-5-23(11-24)6-4-12;1-5(2,3)6-4/h1-2,7-8,11-12,15,19-20H,3-6,9-10H2;1-4H3. The van der Waals surface area contributed by atoms with E-state index in [0.29, 0.717) is 17.8 Å². The van der Waals surface area contributed by atoms with Crippen LogP contribution >= 0.6 is 11.8 Å². The summed E-state index contributed by atoms with van der Waals surface area (Å²) in [6, 6.07) is 6.28. The monoisotopic (exact) mass is 459 g/mol. The minimum absolute atomic E-state index is 0.0417. The molecule has 0 aliphatic carbocycles. The maximum atomic E-state index is 10.8. The minimum Gasteiger partial charge on any atom is -0.380 e. The van der Waals surface area contributed by atoms with E-state index in [-0.39, 0.29) is 11.5 Å². The summed E-state index contributed by atoms with van der Waals surface area (Å²) in [5.74, 6) is 3.60. The average Bonchev–Trinajstić information content (AvgIpc) is 3.26. The molecule has 0 atom stereocenters. The Hall–Kier alpha value is -2.39. The molecule has 4 rings (SSSR count). The number of hydrogen-bond acceptors (Lipinski definition) is 8. The lowest BCUT2D eigenvalue weighted by atomic mass is 9.97. The van der Waals surface area contributed by atoms with Gasteiger partial charge >= 0.3 is 0 Å². The van der Waals surface area contributed by atoms with Gasteiger partial charge in [0.1, 0.15) is 0 Å². The zero-order valence-electron chi connectivity index (χ0n) is 19.3. The van der Waals surface area contributed by atoms with E-state index in [1.54, 1.807) is 12.0 Å². The molecule has 0 saturated carbocycles. The van der Waals surface area contributed by atoms with Gasteiger partial charge in [-0.1, -0.05) is 17.3 Å². The van der Waals surface area contributed by atoms with Crippen LogP contribution in [0.15, 0.2) is 22.7 Å². The van der Waals surface area contributed by atoms with E-state index < -0.39 is 0 Å². The van der Waals surface area contributed by atoms with Gasteiger partial charge in [-0.25, -0.2) is 0 Å². The summed E-state index contributed by atoms with van der Waals surface area (Å²) in [5.41, 5.74) is 2.72. The number of carbonyl (C=O) groups is 1. The summed E-state index contributed by atoms with van der Waals surface area (Å²) in [6.07, 6.45) is 3.95. The number of methoxy groups -OCH3 is 1. The number of hydrogen-bond donors (Lipinski definition) is 2. The highest BCUT2D eigenvalue weighted by atomic mass is 32.2. The predicted molar refractivity (Wildman–Crippen MR) is 129 cm³/mol. The van der Waals surface area contributed by atoms with Gasteiger partial charge in [-0.15, -0.1) is 0 Å². The van der Waals surface area contributed by atoms with Gasteiger partial charge in [-0.2, -0.15) is 16.7 Å². The lowest BCUT2D eigenvalue weighted by Gasteiger charge is -2.27. The fraction of sp³-hybridized carbons (Fsp3) is 0.565. The molecule has 0 radical (unpaired) electrons. The van der Waals surface area contributed by atoms with Crippen molar-refractivity contribution in [3.63, 3.8) is 0 Å². The van der Waals surface area contributed by atoms with Gasteiger partial charge in [0, 0.05) is 66.7 Å². The third kappa shape index (κ3) is 6.56. The summed E-state index contributed by atoms with van der Waals surface area (Å²) in [6.45, 7) is 7.52. The maximum absolute atomic E-state index is 10.8. The molecule has 2 aliphatic heterocycles. The number of thioether (sulfide) groups is 1. The minimum atomic E-state index is 0.0417. The number of anilines is 1. The van der Waals surface area contributed by atoms with Gasteiger partial charge in [0.15, 0.2) is 0 Å². The van der Waals surface area contributed by atoms with Crippen LogP contribution in [0.25, 0.3) is 11.4 Å². The first-order chi connectivity index (χ1) is 15.3. The van der Waals surface area contributed by atoms with Gasteiger partial charge in [0.2, 0.25) is 18.1 Å². The molecule has 0 bridgehead atoms. The first-order valence-corrected chi connectivity index (χ1v) is 12.1. The molecule has 8 nitrogen and oxygen atoms in total. The van der Waals surface area contributed by atoms with Gasteiger partial charge in [0.05, 0.1) is 5.60 Å². The molecule has 32 heavy (non-hydrogen) atoms. The molecular weight excluding hydrogens is 426 g/mol. The fourth-order valence-corrected chi connectivity index (χ4v) is 3.89. The second-order valence-electron chi connectivity index (χ2n) is 9.01. The van der Waals surface area contributed by atoms with Crippen LogP contribution in [0.5, 0.6) is 0 Å². The molecule has 2 fully saturated rings. The molecule has 9 heteroatoms. The van der Waals surface area contributed by atoms with Crippen LogP contribution in [0.4, 0.5) is 5.69 Å². The summed E-state index contributed by atoms with van der Waals surface area (Å²) < 4.78 is 10.4. The van der Waals surface area contributed by atoms with Crippen LogP contribution in [0.1, 0.15) is 51.0 Å². The highest BCUT2D eigenvalue weighted by Gasteiger charge is 2.25. The molecule has 0 spiro atoms. The van der Waals surface area contributed by atoms with Crippen molar-refractivity contribution in [3.05, 3.63) is 29.7 Å². The van der Waals surface area contributed by atoms with Crippen LogP contribution in [0.3, 0.4) is 0 Å². The Balaban J connectivity index is 0.000000427. The predicted octanol–water partition coefficient (Wildman–Crippen LogP) is 4.03. The van der Waals surface area contributed by atoms with E-state index in [1.807, 2.05) is 50.7 Å². The molecule has 2 aliphatic rings. The molecule has 3 heterocycles. The van der Waals surface area contributed by atoms with Crippen LogP contribution < -0.4 is 5.32 Å². The first kappa shape index (κ1) is 24.3. The fourth-order valence-electron chi connectivity index (χ4n) is 3.26. The Bertz CT molecular complexity index is 899. The number of amides is 1. The average molecular weight is 460 g/mol. The normalized spacial score (nSPS) is 17.2. The number of piperidine rings is 1. The van der Waals surface area contributed by atoms with Crippen molar-refractivity contribution >= 4 is 30.1 Å². The van der Waals surface area contributed by atoms with E-state index in [2.05, 4.69) is 15.5 Å². The second-order valence-corrected chi connectivity index (χ2v) is 10.1. The molecule has 2 N–H and O–H groups in total. The molecule has 2 aromatic rings. The number of nitrogens with zero attached hydrogens (tertiary/aromatic N) is 3. The number of likely N-dealkylation sites (tertiary alicyclic amines) is 1. The number of nitrogens with one attached hydrogen (secondary N) is 2. The van der Waals surface area contributed by atoms with Crippen molar-refractivity contribution in [1.82, 2.24) is 15.0 Å². The van der Waals surface area contributed by atoms with E-state index in [0.717, 1.165) is 60.7 Å². The van der Waals surface area contributed by atoms with Crippen molar-refractivity contribution in [2.45, 2.75) is 51.2 Å². The van der Waals surface area contributed by atoms with Gasteiger partial charge in [-0.05, 0) is 39.7 Å². The number of aromatic nitrogens is 2. The van der Waals surface area contributed by atoms with Crippen LogP contribution in [-0.4, -0.2) is 71.0 Å². The number of ether oxygens (including phenoxy) is 1. The highest BCUT2D eigenvalue weighted by molar-refractivity contribution is 8.00. The summed E-state index contributed by atoms with van der Waals surface area (Å²) in [4.78, 5) is 17.2. The van der Waals surface area contributed by atoms with E-state index in [9.17, 15) is 4.79 Å². The Kier molecular flexibility index (Phi) is 8.31. The van der Waals surface area contributed by atoms with Gasteiger partial charge < -0.3 is 24.9 Å². The van der Waals surface area contributed by atoms with Crippen LogP contribution in [-0.2, 0) is 9.53 Å². The number of carbonyl (C=O) groups excluding carboxylic acids is 1. The third-order valence-electron chi connectivity index (χ3n) is 5.55. The summed E-state index contributed by atoms with van der Waals surface area (Å²) >= 11 is 1.91. The molecule has 174 valence electrons. The SMILES string of the molecule is COC(C)(C)C.N=Cc1ccc(-c2noc(C3CCN(C=O)CC3)n2)cc1NC1CSC1. The molecule has 1 amide bonds. The van der Waals surface area contributed by atoms with Crippen molar-refractivity contribution in [2.24, 2.45) is 0 Å². The zero-order chi connectivity index (χ0) is 23.1. The molecule has 1 aromatic heterocycles. The van der Waals surface area contributed by atoms with Crippen molar-refractivity contribution in [2.75, 3.05) is 37.0 Å². The van der Waals surface area contributed by atoms with Crippen molar-refractivity contribution in [1.29, 1.82) is 5.41 Å². The van der Waals surface area contributed by atoms with E-state index >= 15 is 0 Å². The van der Waals surface area contributed by atoms with Gasteiger partial charge in [0.25, 0.3) is 0 Å². The molecule has 1 aromatic carbocycles. The smallest absolute Gasteiger partial charge is 0.230 e. The highest BCUT2D eigenvalue weighted by Crippen LogP contribution is 2.30. The van der Waals surface area contributed by atoms with Crippen LogP contribution in [0, 0.1) is 5.41 Å². The Labute approximate surface area is 194 Å². The van der Waals surface area contributed by atoms with Crippen molar-refractivity contribution in [3.8, 4) is 11.4 Å². The van der Waals surface area contributed by atoms with Gasteiger partial charge in [-0.3, -0.25) is 4.79 Å². The lowest BCUT2D eigenvalue weighted by Crippen LogP contribution is -2.33. The third-order valence-corrected chi connectivity index (χ3v) is 6.82. The molecule has 2 saturated heterocycles. The first-order valence-electron chi connectivity index (χ1n) is 10.9. The van der Waals surface area contributed by atoms with Crippen LogP contribution in [0.2, 0.25) is 0 Å². The Morgan fingerprint density at radius 3 is 2.50 bits per heavy atom. The second kappa shape index (κ2) is 11.0. The topological polar surface area (TPSA) is 104 Å². The largest absolute Gasteiger partial charge is 0.380 e. The molecular formula is C23H33N5O3S. The Morgan fingerprint density at radius 1 is 1.28 bits per heavy atom. The maximum Gasteiger partial charge on any atom is 0.230 e. The zero-order valence-corrected chi connectivity index (χ0v) is 20.1. The lowest BCUT2D eigenvalue weighted by molar-refractivity contribution is -0.119. The van der Waals surface area contributed by atoms with E-state index in [1.165, 1.54) is 6.21 Å². The van der Waals surface area contributed by atoms with Crippen molar-refractivity contribution < 1.29 is 14.1 Å². The van der Waals surface area contributed by atoms with E-state index in [4.69, 9.17) is 14.7 Å². The summed E-state index contributed by atoms with van der Waals surface area (Å²) in [7, 11) is 1.71. The number of benzene rings is 1.